The fourth-order valence-electron chi connectivity index (χ4n) is 3.16. The van der Waals surface area contributed by atoms with Crippen molar-refractivity contribution in [3.63, 3.8) is 0 Å². The Morgan fingerprint density at radius 2 is 1.68 bits per heavy atom. The molecule has 0 N–H and O–H groups in total. The van der Waals surface area contributed by atoms with Crippen LogP contribution in [0.4, 0.5) is 0 Å². The number of aryl methyl sites for hydroxylation is 1. The van der Waals surface area contributed by atoms with Crippen molar-refractivity contribution < 1.29 is 8.42 Å². The largest absolute Gasteiger partial charge is 0.243 e. The van der Waals surface area contributed by atoms with Crippen molar-refractivity contribution in [1.29, 1.82) is 0 Å². The van der Waals surface area contributed by atoms with E-state index in [4.69, 9.17) is 0 Å². The molecule has 2 atom stereocenters. The number of sulfonamides is 1. The Morgan fingerprint density at radius 1 is 1.05 bits per heavy atom. The summed E-state index contributed by atoms with van der Waals surface area (Å²) in [5.41, 5.74) is 1.09. The van der Waals surface area contributed by atoms with Gasteiger partial charge < -0.3 is 0 Å². The van der Waals surface area contributed by atoms with Crippen molar-refractivity contribution >= 4 is 10.0 Å². The van der Waals surface area contributed by atoms with Gasteiger partial charge in [-0.15, -0.1) is 0 Å². The zero-order valence-corrected chi connectivity index (χ0v) is 12.2. The lowest BCUT2D eigenvalue weighted by molar-refractivity contribution is 0.336. The number of rotatable bonds is 3. The van der Waals surface area contributed by atoms with Crippen LogP contribution in [0.5, 0.6) is 0 Å². The van der Waals surface area contributed by atoms with Gasteiger partial charge >= 0.3 is 0 Å². The molecular weight excluding hydrogens is 258 g/mol. The highest BCUT2D eigenvalue weighted by atomic mass is 32.2. The van der Waals surface area contributed by atoms with Crippen molar-refractivity contribution in [2.75, 3.05) is 6.54 Å². The molecule has 1 aromatic rings. The van der Waals surface area contributed by atoms with Gasteiger partial charge in [-0.2, -0.15) is 4.31 Å². The van der Waals surface area contributed by atoms with Crippen molar-refractivity contribution in [3.8, 4) is 0 Å². The van der Waals surface area contributed by atoms with E-state index >= 15 is 0 Å². The van der Waals surface area contributed by atoms with Crippen molar-refractivity contribution in [3.05, 3.63) is 29.8 Å². The van der Waals surface area contributed by atoms with E-state index in [1.165, 1.54) is 32.1 Å². The molecule has 1 aliphatic carbocycles. The Labute approximate surface area is 115 Å². The van der Waals surface area contributed by atoms with Crippen LogP contribution < -0.4 is 0 Å². The first kappa shape index (κ1) is 13.1. The van der Waals surface area contributed by atoms with E-state index < -0.39 is 10.0 Å². The molecule has 3 rings (SSSR count). The van der Waals surface area contributed by atoms with Gasteiger partial charge in [0.05, 0.1) is 4.90 Å². The van der Waals surface area contributed by atoms with E-state index in [1.54, 1.807) is 16.4 Å². The maximum Gasteiger partial charge on any atom is 0.243 e. The normalized spacial score (nSPS) is 28.3. The predicted molar refractivity (Wildman–Crippen MR) is 75.4 cm³/mol. The lowest BCUT2D eigenvalue weighted by Gasteiger charge is -2.21. The molecule has 1 unspecified atom stereocenters. The van der Waals surface area contributed by atoms with E-state index in [1.807, 2.05) is 19.1 Å². The van der Waals surface area contributed by atoms with Gasteiger partial charge in [-0.3, -0.25) is 0 Å². The molecule has 0 amide bonds. The van der Waals surface area contributed by atoms with Crippen molar-refractivity contribution in [2.45, 2.75) is 50.0 Å². The predicted octanol–water partition coefficient (Wildman–Crippen LogP) is 2.95. The number of hydrogen-bond acceptors (Lipinski definition) is 2. The van der Waals surface area contributed by atoms with Gasteiger partial charge in [-0.1, -0.05) is 37.0 Å². The summed E-state index contributed by atoms with van der Waals surface area (Å²) in [6.07, 6.45) is 6.24. The maximum atomic E-state index is 12.5. The Balaban J connectivity index is 1.74. The average Bonchev–Trinajstić information content (AvgIpc) is 3.21. The van der Waals surface area contributed by atoms with E-state index in [-0.39, 0.29) is 6.04 Å². The topological polar surface area (TPSA) is 37.1 Å². The van der Waals surface area contributed by atoms with Crippen molar-refractivity contribution in [2.24, 2.45) is 5.92 Å². The van der Waals surface area contributed by atoms with Crippen LogP contribution >= 0.6 is 0 Å². The molecule has 1 aromatic carbocycles. The first-order valence-corrected chi connectivity index (χ1v) is 8.61. The summed E-state index contributed by atoms with van der Waals surface area (Å²) >= 11 is 0. The first-order valence-electron chi connectivity index (χ1n) is 7.17. The molecule has 2 fully saturated rings. The molecule has 1 saturated carbocycles. The second-order valence-electron chi connectivity index (χ2n) is 5.85. The molecule has 0 bridgehead atoms. The van der Waals surface area contributed by atoms with E-state index in [2.05, 4.69) is 0 Å². The van der Waals surface area contributed by atoms with Gasteiger partial charge in [0.25, 0.3) is 0 Å². The number of benzene rings is 1. The highest BCUT2D eigenvalue weighted by Crippen LogP contribution is 2.39. The summed E-state index contributed by atoms with van der Waals surface area (Å²) in [5, 5.41) is 0. The zero-order chi connectivity index (χ0) is 13.5. The van der Waals surface area contributed by atoms with Gasteiger partial charge in [0, 0.05) is 12.6 Å². The molecular formula is C15H21NO2S. The quantitative estimate of drug-likeness (QED) is 0.798. The van der Waals surface area contributed by atoms with Gasteiger partial charge in [-0.25, -0.2) is 8.42 Å². The Morgan fingerprint density at radius 3 is 2.32 bits per heavy atom. The third-order valence-corrected chi connectivity index (χ3v) is 6.33. The molecule has 19 heavy (non-hydrogen) atoms. The van der Waals surface area contributed by atoms with Gasteiger partial charge in [-0.05, 0) is 37.8 Å². The number of nitrogens with zero attached hydrogens (tertiary/aromatic N) is 1. The third kappa shape index (κ3) is 2.56. The molecule has 104 valence electrons. The summed E-state index contributed by atoms with van der Waals surface area (Å²) < 4.78 is 26.7. The Hall–Kier alpha value is -0.870. The van der Waals surface area contributed by atoms with Crippen LogP contribution in [-0.2, 0) is 10.0 Å². The fraction of sp³-hybridized carbons (Fsp3) is 0.600. The van der Waals surface area contributed by atoms with Crippen LogP contribution in [0.2, 0.25) is 0 Å². The van der Waals surface area contributed by atoms with Crippen LogP contribution in [-0.4, -0.2) is 25.3 Å². The monoisotopic (exact) mass is 279 g/mol. The van der Waals surface area contributed by atoms with Crippen LogP contribution in [0.1, 0.15) is 37.7 Å². The minimum absolute atomic E-state index is 0.270. The lowest BCUT2D eigenvalue weighted by atomic mass is 9.87. The summed E-state index contributed by atoms with van der Waals surface area (Å²) in [6.45, 7) is 2.69. The highest BCUT2D eigenvalue weighted by Gasteiger charge is 2.48. The highest BCUT2D eigenvalue weighted by molar-refractivity contribution is 7.89. The van der Waals surface area contributed by atoms with Crippen molar-refractivity contribution in [1.82, 2.24) is 4.31 Å². The zero-order valence-electron chi connectivity index (χ0n) is 11.4. The SMILES string of the molecule is Cc1ccc(S(=O)(=O)N2C[C@@H]2C2CCCCC2)cc1. The molecule has 3 nitrogen and oxygen atoms in total. The fourth-order valence-corrected chi connectivity index (χ4v) is 4.79. The van der Waals surface area contributed by atoms with Crippen LogP contribution in [0.3, 0.4) is 0 Å². The molecule has 4 heteroatoms. The molecule has 0 spiro atoms. The standard InChI is InChI=1S/C15H21NO2S/c1-12-7-9-14(10-8-12)19(17,18)16-11-15(16)13-5-3-2-4-6-13/h7-10,13,15H,2-6,11H2,1H3/t15-,16?/m1/s1. The molecule has 1 aliphatic heterocycles. The molecule has 2 aliphatic rings. The summed E-state index contributed by atoms with van der Waals surface area (Å²) in [6, 6.07) is 7.45. The van der Waals surface area contributed by atoms with Crippen LogP contribution in [0.15, 0.2) is 29.2 Å². The first-order chi connectivity index (χ1) is 9.09. The summed E-state index contributed by atoms with van der Waals surface area (Å²) in [5.74, 6) is 0.592. The minimum atomic E-state index is -3.25. The summed E-state index contributed by atoms with van der Waals surface area (Å²) in [4.78, 5) is 0.441. The molecule has 1 heterocycles. The number of hydrogen-bond donors (Lipinski definition) is 0. The molecule has 0 aromatic heterocycles. The maximum absolute atomic E-state index is 12.5. The van der Waals surface area contributed by atoms with E-state index in [9.17, 15) is 8.42 Å². The lowest BCUT2D eigenvalue weighted by Crippen LogP contribution is -2.21. The van der Waals surface area contributed by atoms with Gasteiger partial charge in [0.2, 0.25) is 10.0 Å². The summed E-state index contributed by atoms with van der Waals surface area (Å²) in [7, 11) is -3.25. The second kappa shape index (κ2) is 4.91. The average molecular weight is 279 g/mol. The van der Waals surface area contributed by atoms with E-state index in [0.717, 1.165) is 12.1 Å². The molecule has 0 radical (unpaired) electrons. The van der Waals surface area contributed by atoms with E-state index in [0.29, 0.717) is 10.8 Å². The van der Waals surface area contributed by atoms with Gasteiger partial charge in [0.15, 0.2) is 0 Å². The second-order valence-corrected chi connectivity index (χ2v) is 7.74. The minimum Gasteiger partial charge on any atom is -0.207 e. The third-order valence-electron chi connectivity index (χ3n) is 4.42. The Bertz CT molecular complexity index is 544. The van der Waals surface area contributed by atoms with Crippen LogP contribution in [0.25, 0.3) is 0 Å². The Kier molecular flexibility index (Phi) is 3.39. The molecule has 1 saturated heterocycles. The van der Waals surface area contributed by atoms with Gasteiger partial charge in [0.1, 0.15) is 0 Å². The van der Waals surface area contributed by atoms with Crippen LogP contribution in [0, 0.1) is 12.8 Å². The smallest absolute Gasteiger partial charge is 0.207 e.